The molecular weight excluding hydrogens is 519 g/mol. The summed E-state index contributed by atoms with van der Waals surface area (Å²) in [5.41, 5.74) is 5.89. The van der Waals surface area contributed by atoms with Gasteiger partial charge in [0, 0.05) is 58.5 Å². The Morgan fingerprint density at radius 2 is 1.13 bits per heavy atom. The van der Waals surface area contributed by atoms with Crippen LogP contribution in [0.25, 0.3) is 22.1 Å². The van der Waals surface area contributed by atoms with Crippen molar-refractivity contribution in [3.63, 3.8) is 0 Å². The smallest absolute Gasteiger partial charge is 0.224 e. The van der Waals surface area contributed by atoms with Crippen LogP contribution in [-0.2, 0) is 4.79 Å². The van der Waals surface area contributed by atoms with E-state index in [9.17, 15) is 4.79 Å². The first-order valence-electron chi connectivity index (χ1n) is 13.9. The molecule has 0 radical (unpaired) electrons. The molecule has 4 aromatic heterocycles. The summed E-state index contributed by atoms with van der Waals surface area (Å²) >= 11 is 12.5. The molecule has 7 nitrogen and oxygen atoms in total. The second-order valence-corrected chi connectivity index (χ2v) is 11.9. The Labute approximate surface area is 233 Å². The van der Waals surface area contributed by atoms with Gasteiger partial charge in [-0.05, 0) is 73.9 Å². The summed E-state index contributed by atoms with van der Waals surface area (Å²) in [5.74, 6) is -0.508. The van der Waals surface area contributed by atoms with E-state index in [0.29, 0.717) is 12.1 Å². The largest absolute Gasteiger partial charge is 0.326 e. The molecule has 2 aliphatic carbocycles. The lowest BCUT2D eigenvalue weighted by molar-refractivity contribution is -0.121. The Morgan fingerprint density at radius 1 is 0.763 bits per heavy atom. The fourth-order valence-electron chi connectivity index (χ4n) is 7.39. The molecule has 200 valence electrons. The van der Waals surface area contributed by atoms with Crippen LogP contribution >= 0.6 is 23.2 Å². The number of nitrogens with zero attached hydrogens (tertiary/aromatic N) is 6. The Hall–Kier alpha value is -2.51. The fraction of sp³-hybridized carbons (Fsp3) is 0.552. The average molecular weight is 554 g/mol. The molecule has 2 aliphatic rings. The summed E-state index contributed by atoms with van der Waals surface area (Å²) in [7, 11) is 0. The van der Waals surface area contributed by atoms with E-state index in [1.165, 1.54) is 25.7 Å². The molecule has 9 heteroatoms. The van der Waals surface area contributed by atoms with Crippen molar-refractivity contribution in [2.24, 2.45) is 0 Å². The highest BCUT2D eigenvalue weighted by Crippen LogP contribution is 2.43. The molecule has 4 heterocycles. The van der Waals surface area contributed by atoms with Crippen molar-refractivity contribution < 1.29 is 4.79 Å². The zero-order valence-corrected chi connectivity index (χ0v) is 24.0. The van der Waals surface area contributed by atoms with Gasteiger partial charge in [0.1, 0.15) is 17.1 Å². The molecule has 38 heavy (non-hydrogen) atoms. The molecule has 2 fully saturated rings. The highest BCUT2D eigenvalue weighted by Gasteiger charge is 2.34. The minimum atomic E-state index is -0.336. The molecule has 0 saturated heterocycles. The number of Topliss-reactive ketones (excluding diaryl/α,β-unsaturated/α-hetero) is 1. The Morgan fingerprint density at radius 3 is 1.50 bits per heavy atom. The molecule has 6 rings (SSSR count). The van der Waals surface area contributed by atoms with Gasteiger partial charge in [-0.1, -0.05) is 39.5 Å². The maximum absolute atomic E-state index is 14.3. The van der Waals surface area contributed by atoms with E-state index in [0.717, 1.165) is 70.3 Å². The summed E-state index contributed by atoms with van der Waals surface area (Å²) in [5, 5.41) is 2.32. The van der Waals surface area contributed by atoms with Gasteiger partial charge in [-0.25, -0.2) is 9.97 Å². The van der Waals surface area contributed by atoms with Gasteiger partial charge >= 0.3 is 0 Å². The van der Waals surface area contributed by atoms with Gasteiger partial charge in [0.15, 0.2) is 0 Å². The fourth-order valence-corrected chi connectivity index (χ4v) is 7.65. The van der Waals surface area contributed by atoms with Crippen molar-refractivity contribution in [3.8, 4) is 0 Å². The zero-order valence-electron chi connectivity index (χ0n) is 22.5. The number of aromatic nitrogens is 6. The van der Waals surface area contributed by atoms with E-state index in [1.807, 2.05) is 13.8 Å². The summed E-state index contributed by atoms with van der Waals surface area (Å²) < 4.78 is 4.62. The summed E-state index contributed by atoms with van der Waals surface area (Å²) in [6.07, 6.45) is 12.9. The van der Waals surface area contributed by atoms with Gasteiger partial charge in [0.2, 0.25) is 10.6 Å². The van der Waals surface area contributed by atoms with Crippen molar-refractivity contribution in [2.75, 3.05) is 0 Å². The number of carbonyl (C=O) groups excluding carboxylic acids is 1. The van der Waals surface area contributed by atoms with E-state index >= 15 is 0 Å². The number of hydrogen-bond donors (Lipinski definition) is 0. The van der Waals surface area contributed by atoms with E-state index in [-0.39, 0.29) is 28.2 Å². The van der Waals surface area contributed by atoms with E-state index in [1.54, 1.807) is 12.4 Å². The topological polar surface area (TPSA) is 78.5 Å². The van der Waals surface area contributed by atoms with Gasteiger partial charge in [-0.15, -0.1) is 0 Å². The molecule has 2 atom stereocenters. The predicted molar refractivity (Wildman–Crippen MR) is 151 cm³/mol. The second kappa shape index (κ2) is 9.91. The average Bonchev–Trinajstić information content (AvgIpc) is 3.68. The van der Waals surface area contributed by atoms with Crippen molar-refractivity contribution in [1.82, 2.24) is 29.1 Å². The number of hydrogen-bond acceptors (Lipinski definition) is 5. The van der Waals surface area contributed by atoms with Crippen molar-refractivity contribution in [2.45, 2.75) is 103 Å². The Balaban J connectivity index is 1.44. The minimum absolute atomic E-state index is 0.164. The van der Waals surface area contributed by atoms with Crippen LogP contribution in [0.2, 0.25) is 10.6 Å². The van der Waals surface area contributed by atoms with Crippen LogP contribution in [0.1, 0.15) is 112 Å². The molecule has 4 aromatic rings. The lowest BCUT2D eigenvalue weighted by Gasteiger charge is -2.20. The highest BCUT2D eigenvalue weighted by molar-refractivity contribution is 6.28. The van der Waals surface area contributed by atoms with E-state index in [2.05, 4.69) is 42.9 Å². The molecule has 2 saturated carbocycles. The van der Waals surface area contributed by atoms with Crippen LogP contribution in [0.4, 0.5) is 0 Å². The SMILES string of the molecule is Cc1c(C(C)C(=O)C(C)c2c(C)n(C3CCCC3)c3nc(Cl)ncc23)c2cnc(Cl)nc2n1C1CCCC1. The monoisotopic (exact) mass is 552 g/mol. The Kier molecular flexibility index (Phi) is 6.71. The highest BCUT2D eigenvalue weighted by atomic mass is 35.5. The molecule has 0 amide bonds. The van der Waals surface area contributed by atoms with Crippen LogP contribution in [0.15, 0.2) is 12.4 Å². The van der Waals surface area contributed by atoms with Crippen molar-refractivity contribution in [1.29, 1.82) is 0 Å². The zero-order chi connectivity index (χ0) is 26.7. The van der Waals surface area contributed by atoms with Crippen molar-refractivity contribution >= 4 is 51.1 Å². The third-order valence-electron chi connectivity index (χ3n) is 9.12. The lowest BCUT2D eigenvalue weighted by Crippen LogP contribution is -2.19. The maximum atomic E-state index is 14.3. The Bertz CT molecular complexity index is 1430. The molecule has 0 aromatic carbocycles. The first-order chi connectivity index (χ1) is 18.3. The van der Waals surface area contributed by atoms with Crippen molar-refractivity contribution in [3.05, 3.63) is 45.5 Å². The van der Waals surface area contributed by atoms with Gasteiger partial charge in [-0.2, -0.15) is 9.97 Å². The number of halogens is 2. The van der Waals surface area contributed by atoms with Gasteiger partial charge in [-0.3, -0.25) is 4.79 Å². The standard InChI is InChI=1S/C29H34Cl2N6O/c1-15(23-17(3)36(19-9-5-6-10-19)26-21(23)13-32-28(30)34-26)25(38)16(2)24-18(4)37(20-11-7-8-12-20)27-22(24)14-33-29(31)35-27/h13-16,19-20H,5-12H2,1-4H3. The molecule has 0 bridgehead atoms. The molecule has 0 aliphatic heterocycles. The number of fused-ring (bicyclic) bond motifs is 2. The van der Waals surface area contributed by atoms with Gasteiger partial charge in [0.25, 0.3) is 0 Å². The van der Waals surface area contributed by atoms with Crippen LogP contribution in [-0.4, -0.2) is 34.9 Å². The van der Waals surface area contributed by atoms with Crippen LogP contribution in [0, 0.1) is 13.8 Å². The van der Waals surface area contributed by atoms with E-state index in [4.69, 9.17) is 23.2 Å². The molecule has 0 N–H and O–H groups in total. The molecule has 0 spiro atoms. The van der Waals surface area contributed by atoms with E-state index < -0.39 is 0 Å². The first kappa shape index (κ1) is 25.8. The third-order valence-corrected chi connectivity index (χ3v) is 9.48. The third kappa shape index (κ3) is 4.04. The van der Waals surface area contributed by atoms with Gasteiger partial charge < -0.3 is 9.13 Å². The number of carbonyl (C=O) groups is 1. The van der Waals surface area contributed by atoms with Crippen LogP contribution in [0.5, 0.6) is 0 Å². The maximum Gasteiger partial charge on any atom is 0.224 e. The minimum Gasteiger partial charge on any atom is -0.326 e. The van der Waals surface area contributed by atoms with Crippen LogP contribution in [0.3, 0.4) is 0 Å². The predicted octanol–water partition coefficient (Wildman–Crippen LogP) is 7.81. The summed E-state index contributed by atoms with van der Waals surface area (Å²) in [6.45, 7) is 8.27. The van der Waals surface area contributed by atoms with Gasteiger partial charge in [0.05, 0.1) is 0 Å². The molecule has 2 unspecified atom stereocenters. The van der Waals surface area contributed by atoms with Crippen LogP contribution < -0.4 is 0 Å². The quantitative estimate of drug-likeness (QED) is 0.228. The lowest BCUT2D eigenvalue weighted by atomic mass is 9.84. The summed E-state index contributed by atoms with van der Waals surface area (Å²) in [4.78, 5) is 32.1. The molecular formula is C29H34Cl2N6O. The summed E-state index contributed by atoms with van der Waals surface area (Å²) in [6, 6.07) is 0.760. The normalized spacial score (nSPS) is 18.7. The number of rotatable bonds is 6. The second-order valence-electron chi connectivity index (χ2n) is 11.2. The first-order valence-corrected chi connectivity index (χ1v) is 14.6. The number of ketones is 1.